The number of halogens is 1. The molecule has 0 bridgehead atoms. The second-order valence-electron chi connectivity index (χ2n) is 2.96. The maximum absolute atomic E-state index is 11.4. The molecule has 0 saturated carbocycles. The van der Waals surface area contributed by atoms with Crippen LogP contribution in [0.3, 0.4) is 0 Å². The molecular formula is C11H11BrN2O2. The van der Waals surface area contributed by atoms with Crippen LogP contribution < -0.4 is 10.6 Å². The van der Waals surface area contributed by atoms with Gasteiger partial charge in [0.2, 0.25) is 0 Å². The van der Waals surface area contributed by atoms with Gasteiger partial charge in [-0.1, -0.05) is 28.1 Å². The summed E-state index contributed by atoms with van der Waals surface area (Å²) < 4.78 is 0.830. The van der Waals surface area contributed by atoms with E-state index in [0.29, 0.717) is 5.69 Å². The molecule has 0 spiro atoms. The maximum Gasteiger partial charge on any atom is 0.313 e. The van der Waals surface area contributed by atoms with E-state index < -0.39 is 11.8 Å². The van der Waals surface area contributed by atoms with Crippen LogP contribution in [0.2, 0.25) is 0 Å². The molecule has 0 aliphatic rings. The molecule has 4 nitrogen and oxygen atoms in total. The van der Waals surface area contributed by atoms with Crippen LogP contribution in [0.15, 0.2) is 41.4 Å². The molecular weight excluding hydrogens is 272 g/mol. The average molecular weight is 283 g/mol. The highest BCUT2D eigenvalue weighted by atomic mass is 79.9. The molecule has 0 saturated heterocycles. The van der Waals surface area contributed by atoms with Gasteiger partial charge >= 0.3 is 11.8 Å². The van der Waals surface area contributed by atoms with Crippen LogP contribution in [-0.4, -0.2) is 18.4 Å². The number of amides is 2. The summed E-state index contributed by atoms with van der Waals surface area (Å²) in [6, 6.07) is 7.00. The summed E-state index contributed by atoms with van der Waals surface area (Å²) in [7, 11) is 0. The number of anilines is 1. The van der Waals surface area contributed by atoms with Gasteiger partial charge in [-0.05, 0) is 18.2 Å². The van der Waals surface area contributed by atoms with Gasteiger partial charge in [0.15, 0.2) is 0 Å². The molecule has 0 heterocycles. The highest BCUT2D eigenvalue weighted by Gasteiger charge is 2.12. The van der Waals surface area contributed by atoms with Crippen LogP contribution in [0.25, 0.3) is 0 Å². The molecule has 0 aromatic heterocycles. The molecule has 0 aliphatic heterocycles. The fourth-order valence-corrected chi connectivity index (χ4v) is 1.40. The lowest BCUT2D eigenvalue weighted by atomic mass is 10.3. The third-order valence-corrected chi connectivity index (χ3v) is 2.19. The second-order valence-corrected chi connectivity index (χ2v) is 3.88. The van der Waals surface area contributed by atoms with Crippen molar-refractivity contribution in [3.8, 4) is 0 Å². The van der Waals surface area contributed by atoms with Gasteiger partial charge in [-0.2, -0.15) is 0 Å². The SMILES string of the molecule is C=CCNC(=O)C(=O)Nc1cccc(Br)c1. The molecule has 16 heavy (non-hydrogen) atoms. The molecule has 1 aromatic carbocycles. The molecule has 1 rings (SSSR count). The number of hydrogen-bond acceptors (Lipinski definition) is 2. The number of benzene rings is 1. The summed E-state index contributed by atoms with van der Waals surface area (Å²) in [5, 5.41) is 4.86. The molecule has 0 fully saturated rings. The zero-order valence-corrected chi connectivity index (χ0v) is 10.1. The largest absolute Gasteiger partial charge is 0.344 e. The normalized spacial score (nSPS) is 9.31. The van der Waals surface area contributed by atoms with E-state index in [4.69, 9.17) is 0 Å². The van der Waals surface area contributed by atoms with Crippen molar-refractivity contribution in [2.45, 2.75) is 0 Å². The Bertz CT molecular complexity index is 418. The average Bonchev–Trinajstić information content (AvgIpc) is 2.25. The lowest BCUT2D eigenvalue weighted by Gasteiger charge is -2.05. The first-order valence-corrected chi connectivity index (χ1v) is 5.38. The Balaban J connectivity index is 2.57. The lowest BCUT2D eigenvalue weighted by molar-refractivity contribution is -0.136. The third kappa shape index (κ3) is 3.86. The van der Waals surface area contributed by atoms with Crippen molar-refractivity contribution < 1.29 is 9.59 Å². The quantitative estimate of drug-likeness (QED) is 0.655. The number of rotatable bonds is 3. The summed E-state index contributed by atoms with van der Waals surface area (Å²) in [4.78, 5) is 22.6. The Kier molecular flexibility index (Phi) is 4.72. The topological polar surface area (TPSA) is 58.2 Å². The van der Waals surface area contributed by atoms with E-state index in [1.54, 1.807) is 18.2 Å². The molecule has 5 heteroatoms. The Morgan fingerprint density at radius 1 is 1.38 bits per heavy atom. The summed E-state index contributed by atoms with van der Waals surface area (Å²) in [6.07, 6.45) is 1.50. The molecule has 2 N–H and O–H groups in total. The van der Waals surface area contributed by atoms with Gasteiger partial charge in [0.1, 0.15) is 0 Å². The van der Waals surface area contributed by atoms with Crippen molar-refractivity contribution in [1.82, 2.24) is 5.32 Å². The van der Waals surface area contributed by atoms with Crippen molar-refractivity contribution in [3.05, 3.63) is 41.4 Å². The highest BCUT2D eigenvalue weighted by molar-refractivity contribution is 9.10. The zero-order chi connectivity index (χ0) is 12.0. The van der Waals surface area contributed by atoms with E-state index in [-0.39, 0.29) is 6.54 Å². The highest BCUT2D eigenvalue weighted by Crippen LogP contribution is 2.15. The fraction of sp³-hybridized carbons (Fsp3) is 0.0909. The molecule has 2 amide bonds. The van der Waals surface area contributed by atoms with E-state index in [2.05, 4.69) is 33.1 Å². The lowest BCUT2D eigenvalue weighted by Crippen LogP contribution is -2.35. The molecule has 0 unspecified atom stereocenters. The van der Waals surface area contributed by atoms with Crippen LogP contribution in [0.4, 0.5) is 5.69 Å². The summed E-state index contributed by atoms with van der Waals surface area (Å²) >= 11 is 3.27. The van der Waals surface area contributed by atoms with Crippen molar-refractivity contribution >= 4 is 33.4 Å². The van der Waals surface area contributed by atoms with Gasteiger partial charge in [0.05, 0.1) is 0 Å². The number of carbonyl (C=O) groups excluding carboxylic acids is 2. The van der Waals surface area contributed by atoms with Crippen molar-refractivity contribution in [3.63, 3.8) is 0 Å². The third-order valence-electron chi connectivity index (χ3n) is 1.70. The smallest absolute Gasteiger partial charge is 0.313 e. The Morgan fingerprint density at radius 2 is 2.12 bits per heavy atom. The molecule has 0 aliphatic carbocycles. The zero-order valence-electron chi connectivity index (χ0n) is 8.50. The molecule has 0 radical (unpaired) electrons. The van der Waals surface area contributed by atoms with Gasteiger partial charge in [-0.25, -0.2) is 0 Å². The van der Waals surface area contributed by atoms with Gasteiger partial charge in [0.25, 0.3) is 0 Å². The van der Waals surface area contributed by atoms with Crippen LogP contribution >= 0.6 is 15.9 Å². The van der Waals surface area contributed by atoms with Gasteiger partial charge in [-0.3, -0.25) is 9.59 Å². The van der Waals surface area contributed by atoms with E-state index in [1.165, 1.54) is 6.08 Å². The number of hydrogen-bond donors (Lipinski definition) is 2. The standard InChI is InChI=1S/C11H11BrN2O2/c1-2-6-13-10(15)11(16)14-9-5-3-4-8(12)7-9/h2-5,7H,1,6H2,(H,13,15)(H,14,16). The van der Waals surface area contributed by atoms with Crippen LogP contribution in [0, 0.1) is 0 Å². The second kappa shape index (κ2) is 6.07. The first-order chi connectivity index (χ1) is 7.63. The van der Waals surface area contributed by atoms with E-state index in [1.807, 2.05) is 6.07 Å². The monoisotopic (exact) mass is 282 g/mol. The first-order valence-electron chi connectivity index (χ1n) is 4.59. The molecule has 84 valence electrons. The van der Waals surface area contributed by atoms with Crippen LogP contribution in [0.5, 0.6) is 0 Å². The van der Waals surface area contributed by atoms with Crippen molar-refractivity contribution in [1.29, 1.82) is 0 Å². The van der Waals surface area contributed by atoms with E-state index >= 15 is 0 Å². The fourth-order valence-electron chi connectivity index (χ4n) is 0.999. The number of nitrogens with one attached hydrogen (secondary N) is 2. The first kappa shape index (κ1) is 12.4. The molecule has 1 aromatic rings. The van der Waals surface area contributed by atoms with Crippen LogP contribution in [-0.2, 0) is 9.59 Å². The molecule has 0 atom stereocenters. The van der Waals surface area contributed by atoms with E-state index in [0.717, 1.165) is 4.47 Å². The Hall–Kier alpha value is -1.62. The predicted octanol–water partition coefficient (Wildman–Crippen LogP) is 1.69. The Morgan fingerprint density at radius 3 is 2.75 bits per heavy atom. The summed E-state index contributed by atoms with van der Waals surface area (Å²) in [6.45, 7) is 3.70. The van der Waals surface area contributed by atoms with Gasteiger partial charge < -0.3 is 10.6 Å². The van der Waals surface area contributed by atoms with Gasteiger partial charge in [0, 0.05) is 16.7 Å². The minimum atomic E-state index is -0.694. The van der Waals surface area contributed by atoms with Crippen LogP contribution in [0.1, 0.15) is 0 Å². The summed E-state index contributed by atoms with van der Waals surface area (Å²) in [5.41, 5.74) is 0.563. The Labute approximate surface area is 102 Å². The maximum atomic E-state index is 11.4. The van der Waals surface area contributed by atoms with Crippen molar-refractivity contribution in [2.75, 3.05) is 11.9 Å². The van der Waals surface area contributed by atoms with Crippen molar-refractivity contribution in [2.24, 2.45) is 0 Å². The predicted molar refractivity (Wildman–Crippen MR) is 66.0 cm³/mol. The van der Waals surface area contributed by atoms with Gasteiger partial charge in [-0.15, -0.1) is 6.58 Å². The summed E-state index contributed by atoms with van der Waals surface area (Å²) in [5.74, 6) is -1.38. The minimum Gasteiger partial charge on any atom is -0.344 e. The minimum absolute atomic E-state index is 0.269. The number of carbonyl (C=O) groups is 2. The van der Waals surface area contributed by atoms with E-state index in [9.17, 15) is 9.59 Å².